The smallest absolute Gasteiger partial charge is 0.540 e. The van der Waals surface area contributed by atoms with E-state index in [1.165, 1.54) is 27.1 Å². The molecule has 8 nitrogen and oxygen atoms in total. The van der Waals surface area contributed by atoms with Crippen LogP contribution in [-0.4, -0.2) is 54.5 Å². The van der Waals surface area contributed by atoms with Crippen LogP contribution in [0.5, 0.6) is 11.5 Å². The Morgan fingerprint density at radius 2 is 0.967 bits per heavy atom. The van der Waals surface area contributed by atoms with E-state index < -0.39 is 0 Å². The summed E-state index contributed by atoms with van der Waals surface area (Å²) in [4.78, 5) is 11.4. The summed E-state index contributed by atoms with van der Waals surface area (Å²) in [5.41, 5.74) is 12.5. The quantitative estimate of drug-likeness (QED) is 0.145. The Balaban J connectivity index is 0.000000166. The minimum atomic E-state index is 0. The number of anilines is 1. The average Bonchev–Trinajstić information content (AvgIpc) is 3.82. The molecular formula is C52H44N6O2Pt. The molecule has 0 saturated heterocycles. The van der Waals surface area contributed by atoms with E-state index in [1.807, 2.05) is 57.8 Å². The first-order valence-corrected chi connectivity index (χ1v) is 19.9. The van der Waals surface area contributed by atoms with Crippen LogP contribution in [-0.2, 0) is 27.6 Å². The van der Waals surface area contributed by atoms with E-state index in [9.17, 15) is 0 Å². The van der Waals surface area contributed by atoms with E-state index in [0.717, 1.165) is 79.7 Å². The standard InChI is InChI=1S/2C26H22N3O.Pt/c1-28(2)18-14-15-27-23(16-18)22-13-12-19(30-3)17-26(22)29-24-10-6-4-8-20(24)21-9-5-7-11-25(21)29;1-27-17-18-13-14-28-23(15-18)22-12-11-19(30-2)16-26(22)29-24-9-5-3-7-20(24)21-8-4-6-10-25(21)29;/h4-12,14-17H,1-3H3;3-11,13-16,27H,17H2,1-2H3;/q2*-1;+2. The van der Waals surface area contributed by atoms with Gasteiger partial charge in [-0.3, -0.25) is 0 Å². The fourth-order valence-electron chi connectivity index (χ4n) is 8.05. The Bertz CT molecular complexity index is 3050. The predicted molar refractivity (Wildman–Crippen MR) is 246 cm³/mol. The summed E-state index contributed by atoms with van der Waals surface area (Å²) in [6.07, 6.45) is 3.70. The van der Waals surface area contributed by atoms with Gasteiger partial charge in [-0.1, -0.05) is 97.1 Å². The van der Waals surface area contributed by atoms with E-state index in [-0.39, 0.29) is 21.1 Å². The van der Waals surface area contributed by atoms with Crippen LogP contribution in [0.25, 0.3) is 77.5 Å². The molecule has 0 aliphatic rings. The fraction of sp³-hybridized carbons (Fsp3) is 0.115. The van der Waals surface area contributed by atoms with Crippen molar-refractivity contribution >= 4 is 49.3 Å². The summed E-state index contributed by atoms with van der Waals surface area (Å²) in [7, 11) is 9.38. The zero-order valence-electron chi connectivity index (χ0n) is 34.6. The maximum Gasteiger partial charge on any atom is 2.00 e. The van der Waals surface area contributed by atoms with Crippen LogP contribution in [0.3, 0.4) is 0 Å². The summed E-state index contributed by atoms with van der Waals surface area (Å²) < 4.78 is 15.7. The minimum absolute atomic E-state index is 0. The molecule has 1 N–H and O–H groups in total. The first-order chi connectivity index (χ1) is 29.5. The number of methoxy groups -OCH3 is 2. The fourth-order valence-corrected chi connectivity index (χ4v) is 8.05. The number of hydrogen-bond acceptors (Lipinski definition) is 6. The number of benzene rings is 6. The third kappa shape index (κ3) is 7.77. The zero-order chi connectivity index (χ0) is 41.2. The van der Waals surface area contributed by atoms with Crippen molar-refractivity contribution in [3.8, 4) is 45.4 Å². The van der Waals surface area contributed by atoms with Gasteiger partial charge in [-0.25, -0.2) is 0 Å². The number of para-hydroxylation sites is 4. The molecule has 4 heterocycles. The predicted octanol–water partition coefficient (Wildman–Crippen LogP) is 11.1. The number of ether oxygens (including phenoxy) is 2. The molecule has 0 fully saturated rings. The van der Waals surface area contributed by atoms with Crippen LogP contribution in [0, 0.1) is 12.1 Å². The summed E-state index contributed by atoms with van der Waals surface area (Å²) in [6.45, 7) is 0.788. The third-order valence-electron chi connectivity index (χ3n) is 10.9. The number of pyridine rings is 2. The molecule has 0 aliphatic heterocycles. The van der Waals surface area contributed by atoms with E-state index in [4.69, 9.17) is 9.47 Å². The number of fused-ring (bicyclic) bond motifs is 6. The Labute approximate surface area is 370 Å². The Hall–Kier alpha value is -6.73. The Kier molecular flexibility index (Phi) is 12.0. The summed E-state index contributed by atoms with van der Waals surface area (Å²) in [5, 5.41) is 8.09. The molecule has 0 radical (unpaired) electrons. The van der Waals surface area contributed by atoms with Crippen LogP contribution in [0.15, 0.2) is 158 Å². The second kappa shape index (κ2) is 17.9. The van der Waals surface area contributed by atoms with Crippen molar-refractivity contribution in [1.82, 2.24) is 24.4 Å². The molecule has 0 saturated carbocycles. The molecule has 9 heteroatoms. The van der Waals surface area contributed by atoms with Gasteiger partial charge in [-0.2, -0.15) is 0 Å². The topological polar surface area (TPSA) is 69.4 Å². The molecule has 0 aliphatic carbocycles. The number of nitrogens with zero attached hydrogens (tertiary/aromatic N) is 5. The van der Waals surface area contributed by atoms with Gasteiger partial charge in [-0.15, -0.1) is 35.4 Å². The van der Waals surface area contributed by atoms with Crippen molar-refractivity contribution in [2.75, 3.05) is 40.3 Å². The zero-order valence-corrected chi connectivity index (χ0v) is 36.9. The van der Waals surface area contributed by atoms with E-state index in [1.54, 1.807) is 14.2 Å². The van der Waals surface area contributed by atoms with Gasteiger partial charge in [0.05, 0.1) is 14.2 Å². The van der Waals surface area contributed by atoms with Gasteiger partial charge in [0.25, 0.3) is 0 Å². The SMILES string of the molecule is CNCc1ccnc(-c2[c-]cc(OC)cc2-n2c3ccccc3c3ccccc32)c1.COc1c[c-]c(-c2cc(N(C)C)ccn2)c(-n2c3ccccc3c3ccccc32)c1.[Pt+2]. The van der Waals surface area contributed by atoms with E-state index in [0.29, 0.717) is 0 Å². The van der Waals surface area contributed by atoms with Gasteiger partial charge in [-0.05, 0) is 71.8 Å². The molecule has 10 aromatic rings. The Morgan fingerprint density at radius 1 is 0.557 bits per heavy atom. The van der Waals surface area contributed by atoms with Gasteiger partial charge in [0.1, 0.15) is 0 Å². The number of hydrogen-bond donors (Lipinski definition) is 1. The molecule has 0 spiro atoms. The van der Waals surface area contributed by atoms with Crippen molar-refractivity contribution in [3.05, 3.63) is 176 Å². The maximum atomic E-state index is 5.56. The molecule has 0 bridgehead atoms. The van der Waals surface area contributed by atoms with E-state index in [2.05, 4.69) is 163 Å². The molecule has 10 rings (SSSR count). The third-order valence-corrected chi connectivity index (χ3v) is 10.9. The maximum absolute atomic E-state index is 5.56. The van der Waals surface area contributed by atoms with Gasteiger partial charge in [0.2, 0.25) is 0 Å². The second-order valence-corrected chi connectivity index (χ2v) is 14.7. The summed E-state index contributed by atoms with van der Waals surface area (Å²) in [5.74, 6) is 1.53. The van der Waals surface area contributed by atoms with Gasteiger partial charge >= 0.3 is 21.1 Å². The van der Waals surface area contributed by atoms with Crippen molar-refractivity contribution in [3.63, 3.8) is 0 Å². The molecule has 304 valence electrons. The first-order valence-electron chi connectivity index (χ1n) is 19.9. The van der Waals surface area contributed by atoms with Gasteiger partial charge in [0.15, 0.2) is 0 Å². The van der Waals surface area contributed by atoms with Crippen LogP contribution in [0.2, 0.25) is 0 Å². The molecule has 6 aromatic carbocycles. The first kappa shape index (κ1) is 41.0. The second-order valence-electron chi connectivity index (χ2n) is 14.7. The minimum Gasteiger partial charge on any atom is -0.540 e. The molecule has 0 unspecified atom stereocenters. The number of nitrogens with one attached hydrogen (secondary N) is 1. The van der Waals surface area contributed by atoms with Crippen molar-refractivity contribution in [1.29, 1.82) is 0 Å². The Morgan fingerprint density at radius 3 is 1.38 bits per heavy atom. The van der Waals surface area contributed by atoms with E-state index >= 15 is 0 Å². The summed E-state index contributed by atoms with van der Waals surface area (Å²) >= 11 is 0. The number of aromatic nitrogens is 4. The van der Waals surface area contributed by atoms with Crippen molar-refractivity contribution in [2.24, 2.45) is 0 Å². The van der Waals surface area contributed by atoms with Crippen molar-refractivity contribution < 1.29 is 30.5 Å². The van der Waals surface area contributed by atoms with Crippen LogP contribution in [0.4, 0.5) is 5.69 Å². The van der Waals surface area contributed by atoms with Gasteiger partial charge in [0, 0.05) is 93.8 Å². The average molecular weight is 980 g/mol. The molecular weight excluding hydrogens is 936 g/mol. The van der Waals surface area contributed by atoms with Crippen LogP contribution in [0.1, 0.15) is 5.56 Å². The monoisotopic (exact) mass is 979 g/mol. The van der Waals surface area contributed by atoms with Gasteiger partial charge < -0.3 is 38.8 Å². The largest absolute Gasteiger partial charge is 2.00 e. The molecule has 0 atom stereocenters. The molecule has 0 amide bonds. The summed E-state index contributed by atoms with van der Waals surface area (Å²) in [6, 6.07) is 56.9. The number of rotatable bonds is 9. The normalized spacial score (nSPS) is 11.0. The van der Waals surface area contributed by atoms with Crippen LogP contribution < -0.4 is 19.7 Å². The molecule has 61 heavy (non-hydrogen) atoms. The molecule has 4 aromatic heterocycles. The van der Waals surface area contributed by atoms with Crippen molar-refractivity contribution in [2.45, 2.75) is 6.54 Å². The van der Waals surface area contributed by atoms with Crippen LogP contribution >= 0.6 is 0 Å².